The standard InChI is InChI=1S/C16H23NO2/c1-3-12-6-4-5-7-14(12)17-15-10-11(2)8-9-13(15)16(18)19/h8-10,12,14,17H,3-7H2,1-2H3,(H,18,19). The van der Waals surface area contributed by atoms with Crippen LogP contribution in [0.1, 0.15) is 54.9 Å². The van der Waals surface area contributed by atoms with Crippen LogP contribution in [0.2, 0.25) is 0 Å². The highest BCUT2D eigenvalue weighted by atomic mass is 16.4. The molecule has 0 radical (unpaired) electrons. The normalized spacial score (nSPS) is 23.1. The SMILES string of the molecule is CCC1CCCCC1Nc1cc(C)ccc1C(=O)O. The third-order valence-electron chi connectivity index (χ3n) is 4.18. The summed E-state index contributed by atoms with van der Waals surface area (Å²) >= 11 is 0. The highest BCUT2D eigenvalue weighted by Crippen LogP contribution is 2.30. The largest absolute Gasteiger partial charge is 0.478 e. The first kappa shape index (κ1) is 13.9. The number of aryl methyl sites for hydroxylation is 1. The molecule has 2 atom stereocenters. The van der Waals surface area contributed by atoms with Gasteiger partial charge in [0.05, 0.1) is 5.56 Å². The number of benzene rings is 1. The summed E-state index contributed by atoms with van der Waals surface area (Å²) < 4.78 is 0. The summed E-state index contributed by atoms with van der Waals surface area (Å²) in [5.74, 6) is -0.192. The summed E-state index contributed by atoms with van der Waals surface area (Å²) in [5, 5.41) is 12.8. The smallest absolute Gasteiger partial charge is 0.337 e. The summed E-state index contributed by atoms with van der Waals surface area (Å²) in [6, 6.07) is 5.92. The van der Waals surface area contributed by atoms with Gasteiger partial charge in [0, 0.05) is 11.7 Å². The van der Waals surface area contributed by atoms with Crippen molar-refractivity contribution >= 4 is 11.7 Å². The minimum Gasteiger partial charge on any atom is -0.478 e. The summed E-state index contributed by atoms with van der Waals surface area (Å²) in [7, 11) is 0. The monoisotopic (exact) mass is 261 g/mol. The van der Waals surface area contributed by atoms with Gasteiger partial charge in [-0.2, -0.15) is 0 Å². The molecule has 0 aromatic heterocycles. The summed E-state index contributed by atoms with van der Waals surface area (Å²) in [6.07, 6.45) is 6.10. The molecule has 0 saturated heterocycles. The molecule has 1 aromatic carbocycles. The summed E-state index contributed by atoms with van der Waals surface area (Å²) in [5.41, 5.74) is 2.25. The van der Waals surface area contributed by atoms with E-state index < -0.39 is 5.97 Å². The molecule has 0 heterocycles. The molecule has 1 fully saturated rings. The van der Waals surface area contributed by atoms with Crippen LogP contribution in [-0.2, 0) is 0 Å². The van der Waals surface area contributed by atoms with Crippen molar-refractivity contribution in [3.63, 3.8) is 0 Å². The van der Waals surface area contributed by atoms with E-state index in [-0.39, 0.29) is 0 Å². The summed E-state index contributed by atoms with van der Waals surface area (Å²) in [6.45, 7) is 4.22. The molecule has 0 bridgehead atoms. The Hall–Kier alpha value is -1.51. The maximum Gasteiger partial charge on any atom is 0.337 e. The van der Waals surface area contributed by atoms with Crippen LogP contribution in [0.3, 0.4) is 0 Å². The zero-order valence-electron chi connectivity index (χ0n) is 11.8. The summed E-state index contributed by atoms with van der Waals surface area (Å²) in [4.78, 5) is 11.3. The van der Waals surface area contributed by atoms with Crippen molar-refractivity contribution in [2.45, 2.75) is 52.0 Å². The van der Waals surface area contributed by atoms with E-state index in [1.54, 1.807) is 6.07 Å². The Morgan fingerprint density at radius 2 is 2.11 bits per heavy atom. The van der Waals surface area contributed by atoms with Crippen molar-refractivity contribution in [2.75, 3.05) is 5.32 Å². The van der Waals surface area contributed by atoms with Crippen molar-refractivity contribution in [1.29, 1.82) is 0 Å². The second-order valence-corrected chi connectivity index (χ2v) is 5.56. The second-order valence-electron chi connectivity index (χ2n) is 5.56. The topological polar surface area (TPSA) is 49.3 Å². The quantitative estimate of drug-likeness (QED) is 0.858. The van der Waals surface area contributed by atoms with E-state index in [4.69, 9.17) is 0 Å². The van der Waals surface area contributed by atoms with Gasteiger partial charge in [0.2, 0.25) is 0 Å². The molecule has 2 rings (SSSR count). The molecule has 3 heteroatoms. The van der Waals surface area contributed by atoms with E-state index in [1.807, 2.05) is 19.1 Å². The van der Waals surface area contributed by atoms with E-state index in [1.165, 1.54) is 19.3 Å². The highest BCUT2D eigenvalue weighted by Gasteiger charge is 2.24. The molecule has 0 aliphatic heterocycles. The first-order valence-corrected chi connectivity index (χ1v) is 7.22. The third-order valence-corrected chi connectivity index (χ3v) is 4.18. The Labute approximate surface area is 115 Å². The van der Waals surface area contributed by atoms with Gasteiger partial charge in [-0.3, -0.25) is 0 Å². The number of rotatable bonds is 4. The van der Waals surface area contributed by atoms with Crippen LogP contribution in [-0.4, -0.2) is 17.1 Å². The van der Waals surface area contributed by atoms with Crippen molar-refractivity contribution in [3.8, 4) is 0 Å². The molecule has 1 saturated carbocycles. The number of hydrogen-bond donors (Lipinski definition) is 2. The van der Waals surface area contributed by atoms with Gasteiger partial charge in [0.25, 0.3) is 0 Å². The Kier molecular flexibility index (Phi) is 4.46. The van der Waals surface area contributed by atoms with Crippen LogP contribution in [0.5, 0.6) is 0 Å². The molecule has 0 amide bonds. The van der Waals surface area contributed by atoms with Gasteiger partial charge in [-0.05, 0) is 43.4 Å². The molecule has 2 N–H and O–H groups in total. The molecule has 2 unspecified atom stereocenters. The average Bonchev–Trinajstić information content (AvgIpc) is 2.39. The number of carboxylic acids is 1. The molecule has 19 heavy (non-hydrogen) atoms. The van der Waals surface area contributed by atoms with Gasteiger partial charge < -0.3 is 10.4 Å². The molecule has 1 aliphatic rings. The van der Waals surface area contributed by atoms with Gasteiger partial charge in [-0.25, -0.2) is 4.79 Å². The maximum absolute atomic E-state index is 11.3. The van der Waals surface area contributed by atoms with Crippen molar-refractivity contribution in [1.82, 2.24) is 0 Å². The number of hydrogen-bond acceptors (Lipinski definition) is 2. The predicted molar refractivity (Wildman–Crippen MR) is 77.8 cm³/mol. The Morgan fingerprint density at radius 1 is 1.37 bits per heavy atom. The van der Waals surface area contributed by atoms with Gasteiger partial charge in [-0.1, -0.05) is 32.3 Å². The lowest BCUT2D eigenvalue weighted by Crippen LogP contribution is -2.32. The van der Waals surface area contributed by atoms with Crippen LogP contribution >= 0.6 is 0 Å². The van der Waals surface area contributed by atoms with Crippen molar-refractivity contribution < 1.29 is 9.90 Å². The number of nitrogens with one attached hydrogen (secondary N) is 1. The van der Waals surface area contributed by atoms with E-state index in [0.717, 1.165) is 24.1 Å². The molecular formula is C16H23NO2. The van der Waals surface area contributed by atoms with Crippen LogP contribution in [0, 0.1) is 12.8 Å². The molecule has 1 aromatic rings. The zero-order valence-corrected chi connectivity index (χ0v) is 11.8. The molecule has 0 spiro atoms. The fraction of sp³-hybridized carbons (Fsp3) is 0.562. The van der Waals surface area contributed by atoms with E-state index in [2.05, 4.69) is 12.2 Å². The lowest BCUT2D eigenvalue weighted by atomic mass is 9.82. The minimum atomic E-state index is -0.855. The second kappa shape index (κ2) is 6.09. The van der Waals surface area contributed by atoms with Crippen molar-refractivity contribution in [3.05, 3.63) is 29.3 Å². The lowest BCUT2D eigenvalue weighted by Gasteiger charge is -2.32. The zero-order chi connectivity index (χ0) is 13.8. The van der Waals surface area contributed by atoms with E-state index >= 15 is 0 Å². The third kappa shape index (κ3) is 3.28. The molecule has 1 aliphatic carbocycles. The van der Waals surface area contributed by atoms with Gasteiger partial charge in [0.15, 0.2) is 0 Å². The van der Waals surface area contributed by atoms with Gasteiger partial charge in [0.1, 0.15) is 0 Å². The molecule has 104 valence electrons. The molecule has 3 nitrogen and oxygen atoms in total. The average molecular weight is 261 g/mol. The van der Waals surface area contributed by atoms with Crippen molar-refractivity contribution in [2.24, 2.45) is 5.92 Å². The van der Waals surface area contributed by atoms with Crippen LogP contribution in [0.25, 0.3) is 0 Å². The number of carbonyl (C=O) groups is 1. The minimum absolute atomic E-state index is 0.381. The number of anilines is 1. The predicted octanol–water partition coefficient (Wildman–Crippen LogP) is 4.07. The molecular weight excluding hydrogens is 238 g/mol. The van der Waals surface area contributed by atoms with Gasteiger partial charge >= 0.3 is 5.97 Å². The van der Waals surface area contributed by atoms with E-state index in [0.29, 0.717) is 17.5 Å². The first-order valence-electron chi connectivity index (χ1n) is 7.22. The fourth-order valence-electron chi connectivity index (χ4n) is 3.05. The number of carboxylic acid groups (broad SMARTS) is 1. The highest BCUT2D eigenvalue weighted by molar-refractivity contribution is 5.94. The number of aromatic carboxylic acids is 1. The van der Waals surface area contributed by atoms with Crippen LogP contribution in [0.15, 0.2) is 18.2 Å². The Bertz CT molecular complexity index is 456. The lowest BCUT2D eigenvalue weighted by molar-refractivity contribution is 0.0698. The maximum atomic E-state index is 11.3. The van der Waals surface area contributed by atoms with E-state index in [9.17, 15) is 9.90 Å². The first-order chi connectivity index (χ1) is 9.11. The Morgan fingerprint density at radius 3 is 2.79 bits per heavy atom. The fourth-order valence-corrected chi connectivity index (χ4v) is 3.05. The van der Waals surface area contributed by atoms with Gasteiger partial charge in [-0.15, -0.1) is 0 Å². The van der Waals surface area contributed by atoms with Crippen LogP contribution < -0.4 is 5.32 Å². The van der Waals surface area contributed by atoms with Crippen LogP contribution in [0.4, 0.5) is 5.69 Å². The Balaban J connectivity index is 2.21.